The van der Waals surface area contributed by atoms with Crippen LogP contribution in [0.5, 0.6) is 11.5 Å². The molecule has 0 saturated carbocycles. The Labute approximate surface area is 180 Å². The van der Waals surface area contributed by atoms with Crippen molar-refractivity contribution in [1.29, 1.82) is 0 Å². The number of methoxy groups -OCH3 is 2. The Kier molecular flexibility index (Phi) is 6.62. The maximum atomic E-state index is 12.6. The zero-order chi connectivity index (χ0) is 22.6. The Bertz CT molecular complexity index is 1210. The number of pyridine rings is 1. The molecule has 0 atom stereocenters. The standard InChI is InChI=1S/C21H23N3O6S/c1-4-30-21(25)15-12-24-20-17(29-3)10-9-16(28-2)18(20)19(15)23-11-13-5-7-14(8-6-13)31(22,26)27/h5-10,12H,4,11H2,1-3H3,(H,23,24)(H2,22,26,27). The molecule has 0 spiro atoms. The van der Waals surface area contributed by atoms with Crippen molar-refractivity contribution in [2.75, 3.05) is 26.1 Å². The van der Waals surface area contributed by atoms with Crippen LogP contribution in [-0.4, -0.2) is 40.2 Å². The molecular formula is C21H23N3O6S. The van der Waals surface area contributed by atoms with Crippen molar-refractivity contribution in [3.8, 4) is 11.5 Å². The lowest BCUT2D eigenvalue weighted by molar-refractivity contribution is 0.0527. The molecule has 3 aromatic rings. The van der Waals surface area contributed by atoms with Crippen LogP contribution in [0, 0.1) is 0 Å². The molecule has 0 aliphatic carbocycles. The van der Waals surface area contributed by atoms with Crippen molar-refractivity contribution in [3.05, 3.63) is 53.7 Å². The number of nitrogens with one attached hydrogen (secondary N) is 1. The van der Waals surface area contributed by atoms with Crippen LogP contribution in [0.15, 0.2) is 47.5 Å². The molecular weight excluding hydrogens is 422 g/mol. The van der Waals surface area contributed by atoms with Crippen molar-refractivity contribution < 1.29 is 27.4 Å². The van der Waals surface area contributed by atoms with Crippen molar-refractivity contribution in [3.63, 3.8) is 0 Å². The lowest BCUT2D eigenvalue weighted by Crippen LogP contribution is -2.13. The molecule has 1 heterocycles. The van der Waals surface area contributed by atoms with Gasteiger partial charge in [-0.1, -0.05) is 12.1 Å². The van der Waals surface area contributed by atoms with Gasteiger partial charge in [-0.05, 0) is 36.8 Å². The molecule has 3 rings (SSSR count). The Balaban J connectivity index is 2.09. The molecule has 9 nitrogen and oxygen atoms in total. The zero-order valence-electron chi connectivity index (χ0n) is 17.3. The summed E-state index contributed by atoms with van der Waals surface area (Å²) in [6.07, 6.45) is 1.43. The first-order valence-electron chi connectivity index (χ1n) is 9.36. The number of nitrogens with zero attached hydrogens (tertiary/aromatic N) is 1. The molecule has 0 fully saturated rings. The van der Waals surface area contributed by atoms with E-state index in [0.29, 0.717) is 28.1 Å². The van der Waals surface area contributed by atoms with E-state index in [9.17, 15) is 13.2 Å². The lowest BCUT2D eigenvalue weighted by Gasteiger charge is -2.17. The minimum Gasteiger partial charge on any atom is -0.496 e. The molecule has 10 heteroatoms. The highest BCUT2D eigenvalue weighted by molar-refractivity contribution is 7.89. The predicted molar refractivity (Wildman–Crippen MR) is 116 cm³/mol. The number of carbonyl (C=O) groups is 1. The normalized spacial score (nSPS) is 11.2. The van der Waals surface area contributed by atoms with Crippen LogP contribution in [0.4, 0.5) is 5.69 Å². The fraction of sp³-hybridized carbons (Fsp3) is 0.238. The second-order valence-electron chi connectivity index (χ2n) is 6.50. The van der Waals surface area contributed by atoms with Crippen LogP contribution in [0.3, 0.4) is 0 Å². The first-order valence-corrected chi connectivity index (χ1v) is 10.9. The number of esters is 1. The molecule has 1 aromatic heterocycles. The summed E-state index contributed by atoms with van der Waals surface area (Å²) in [7, 11) is -0.725. The number of anilines is 1. The summed E-state index contributed by atoms with van der Waals surface area (Å²) in [5.41, 5.74) is 1.99. The predicted octanol–water partition coefficient (Wildman–Crippen LogP) is 2.69. The molecule has 3 N–H and O–H groups in total. The van der Waals surface area contributed by atoms with E-state index in [1.807, 2.05) is 0 Å². The van der Waals surface area contributed by atoms with Gasteiger partial charge < -0.3 is 19.5 Å². The van der Waals surface area contributed by atoms with E-state index in [2.05, 4.69) is 10.3 Å². The van der Waals surface area contributed by atoms with Gasteiger partial charge >= 0.3 is 5.97 Å². The second-order valence-corrected chi connectivity index (χ2v) is 8.06. The summed E-state index contributed by atoms with van der Waals surface area (Å²) in [6, 6.07) is 9.58. The van der Waals surface area contributed by atoms with Crippen molar-refractivity contribution in [2.45, 2.75) is 18.4 Å². The van der Waals surface area contributed by atoms with Gasteiger partial charge in [0.15, 0.2) is 0 Å². The van der Waals surface area contributed by atoms with Gasteiger partial charge in [-0.25, -0.2) is 18.4 Å². The van der Waals surface area contributed by atoms with Gasteiger partial charge in [-0.3, -0.25) is 4.98 Å². The number of benzene rings is 2. The first kappa shape index (κ1) is 22.3. The number of hydrogen-bond acceptors (Lipinski definition) is 8. The van der Waals surface area contributed by atoms with Gasteiger partial charge in [0.2, 0.25) is 10.0 Å². The zero-order valence-corrected chi connectivity index (χ0v) is 18.2. The summed E-state index contributed by atoms with van der Waals surface area (Å²) in [4.78, 5) is 17.0. The lowest BCUT2D eigenvalue weighted by atomic mass is 10.1. The third-order valence-corrected chi connectivity index (χ3v) is 5.53. The summed E-state index contributed by atoms with van der Waals surface area (Å²) in [6.45, 7) is 2.22. The Hall–Kier alpha value is -3.37. The number of sulfonamides is 1. The third-order valence-electron chi connectivity index (χ3n) is 4.60. The number of fused-ring (bicyclic) bond motifs is 1. The smallest absolute Gasteiger partial charge is 0.341 e. The monoisotopic (exact) mass is 445 g/mol. The fourth-order valence-corrected chi connectivity index (χ4v) is 3.64. The quantitative estimate of drug-likeness (QED) is 0.506. The van der Waals surface area contributed by atoms with Gasteiger partial charge in [-0.2, -0.15) is 0 Å². The van der Waals surface area contributed by atoms with Crippen molar-refractivity contribution in [1.82, 2.24) is 4.98 Å². The van der Waals surface area contributed by atoms with Crippen LogP contribution in [0.1, 0.15) is 22.8 Å². The van der Waals surface area contributed by atoms with Crippen LogP contribution in [0.2, 0.25) is 0 Å². The number of ether oxygens (including phenoxy) is 3. The van der Waals surface area contributed by atoms with Crippen molar-refractivity contribution in [2.24, 2.45) is 5.14 Å². The number of aromatic nitrogens is 1. The molecule has 2 aromatic carbocycles. The number of rotatable bonds is 8. The Morgan fingerprint density at radius 3 is 2.29 bits per heavy atom. The molecule has 31 heavy (non-hydrogen) atoms. The molecule has 0 saturated heterocycles. The average Bonchev–Trinajstić information content (AvgIpc) is 2.76. The van der Waals surface area contributed by atoms with Crippen molar-refractivity contribution >= 4 is 32.6 Å². The highest BCUT2D eigenvalue weighted by Crippen LogP contribution is 2.39. The second kappa shape index (κ2) is 9.19. The largest absolute Gasteiger partial charge is 0.496 e. The number of nitrogens with two attached hydrogens (primary N) is 1. The van der Waals surface area contributed by atoms with E-state index >= 15 is 0 Å². The van der Waals surface area contributed by atoms with Crippen LogP contribution in [0.25, 0.3) is 10.9 Å². The summed E-state index contributed by atoms with van der Waals surface area (Å²) in [5.74, 6) is 0.488. The van der Waals surface area contributed by atoms with Crippen LogP contribution >= 0.6 is 0 Å². The first-order chi connectivity index (χ1) is 14.8. The van der Waals surface area contributed by atoms with Crippen LogP contribution in [-0.2, 0) is 21.3 Å². The minimum atomic E-state index is -3.78. The number of hydrogen-bond donors (Lipinski definition) is 2. The summed E-state index contributed by atoms with van der Waals surface area (Å²) >= 11 is 0. The maximum Gasteiger partial charge on any atom is 0.341 e. The van der Waals surface area contributed by atoms with E-state index in [0.717, 1.165) is 5.56 Å². The molecule has 0 aliphatic heterocycles. The van der Waals surface area contributed by atoms with E-state index in [-0.39, 0.29) is 23.6 Å². The highest BCUT2D eigenvalue weighted by atomic mass is 32.2. The Morgan fingerprint density at radius 2 is 1.71 bits per heavy atom. The number of carbonyl (C=O) groups excluding carboxylic acids is 1. The Morgan fingerprint density at radius 1 is 1.06 bits per heavy atom. The SMILES string of the molecule is CCOC(=O)c1cnc2c(OC)ccc(OC)c2c1NCc1ccc(S(N)(=O)=O)cc1. The average molecular weight is 445 g/mol. The molecule has 0 amide bonds. The van der Waals surface area contributed by atoms with E-state index in [1.54, 1.807) is 31.2 Å². The van der Waals surface area contributed by atoms with Gasteiger partial charge in [0, 0.05) is 12.7 Å². The summed E-state index contributed by atoms with van der Waals surface area (Å²) < 4.78 is 39.0. The van der Waals surface area contributed by atoms with Gasteiger partial charge in [0.25, 0.3) is 0 Å². The molecule has 0 unspecified atom stereocenters. The third kappa shape index (κ3) is 4.70. The highest BCUT2D eigenvalue weighted by Gasteiger charge is 2.21. The topological polar surface area (TPSA) is 130 Å². The van der Waals surface area contributed by atoms with Crippen LogP contribution < -0.4 is 19.9 Å². The molecule has 0 bridgehead atoms. The fourth-order valence-electron chi connectivity index (χ4n) is 3.12. The van der Waals surface area contributed by atoms with E-state index < -0.39 is 16.0 Å². The van der Waals surface area contributed by atoms with Gasteiger partial charge in [-0.15, -0.1) is 0 Å². The number of primary sulfonamides is 1. The van der Waals surface area contributed by atoms with Gasteiger partial charge in [0.1, 0.15) is 22.6 Å². The molecule has 0 aliphatic rings. The van der Waals surface area contributed by atoms with Gasteiger partial charge in [0.05, 0.1) is 36.8 Å². The molecule has 0 radical (unpaired) electrons. The van der Waals surface area contributed by atoms with E-state index in [1.165, 1.54) is 32.5 Å². The van der Waals surface area contributed by atoms with E-state index in [4.69, 9.17) is 19.3 Å². The minimum absolute atomic E-state index is 0.0178. The molecule has 164 valence electrons. The maximum absolute atomic E-state index is 12.6. The summed E-state index contributed by atoms with van der Waals surface area (Å²) in [5, 5.41) is 8.95.